The number of nitrogens with zero attached hydrogens (tertiary/aromatic N) is 2. The van der Waals surface area contributed by atoms with E-state index < -0.39 is 178 Å². The molecule has 2 amide bonds. The van der Waals surface area contributed by atoms with E-state index in [1.807, 2.05) is 0 Å². The number of halogens is 3. The third kappa shape index (κ3) is 15.6. The number of benzene rings is 1. The fraction of sp³-hybridized carbons (Fsp3) is 0.706. The van der Waals surface area contributed by atoms with Crippen molar-refractivity contribution in [2.24, 2.45) is 0 Å². The average Bonchev–Trinajstić information content (AvgIpc) is 3.27. The van der Waals surface area contributed by atoms with E-state index in [9.17, 15) is 112 Å². The molecule has 1 aromatic rings. The van der Waals surface area contributed by atoms with Crippen LogP contribution in [-0.4, -0.2) is 274 Å². The van der Waals surface area contributed by atoms with Gasteiger partial charge in [0.15, 0.2) is 0 Å². The van der Waals surface area contributed by atoms with Gasteiger partial charge < -0.3 is 117 Å². The molecule has 0 heterocycles. The Labute approximate surface area is 383 Å². The van der Waals surface area contributed by atoms with Crippen molar-refractivity contribution < 1.29 is 117 Å². The summed E-state index contributed by atoms with van der Waals surface area (Å²) >= 11 is 9.44. The molecule has 366 valence electrons. The fourth-order valence-corrected chi connectivity index (χ4v) is 8.44. The molecular formula is C34H56Br3N3O23. The van der Waals surface area contributed by atoms with Gasteiger partial charge in [0.25, 0.3) is 11.8 Å². The summed E-state index contributed by atoms with van der Waals surface area (Å²) in [6.07, 6.45) is -34.8. The largest absolute Gasteiger partial charge is 0.394 e. The Balaban J connectivity index is 4.19. The zero-order valence-electron chi connectivity index (χ0n) is 32.9. The maximum Gasteiger partial charge on any atom is 0.256 e. The van der Waals surface area contributed by atoms with Crippen molar-refractivity contribution in [3.05, 3.63) is 37.4 Å². The first-order valence-corrected chi connectivity index (χ1v) is 20.8. The van der Waals surface area contributed by atoms with Crippen molar-refractivity contribution >= 4 is 65.3 Å². The highest BCUT2D eigenvalue weighted by Gasteiger charge is 2.41. The number of hydrogen-bond donors (Lipinski definition) is 21. The monoisotopic (exact) mass is 1110 g/mol. The van der Waals surface area contributed by atoms with Crippen molar-refractivity contribution in [2.45, 2.75) is 97.7 Å². The van der Waals surface area contributed by atoms with E-state index in [-0.39, 0.29) is 14.6 Å². The molecule has 29 heteroatoms. The number of aliphatic hydroxyl groups is 20. The molecule has 0 aliphatic heterocycles. The molecule has 16 atom stereocenters. The number of aliphatic hydroxyl groups excluding tert-OH is 20. The summed E-state index contributed by atoms with van der Waals surface area (Å²) in [4.78, 5) is 35.2. The van der Waals surface area contributed by atoms with Crippen LogP contribution in [0.4, 0.5) is 5.69 Å². The molecule has 0 aromatic heterocycles. The zero-order valence-corrected chi connectivity index (χ0v) is 37.6. The molecule has 63 heavy (non-hydrogen) atoms. The smallest absolute Gasteiger partial charge is 0.256 e. The summed E-state index contributed by atoms with van der Waals surface area (Å²) in [5, 5.41) is 203. The van der Waals surface area contributed by atoms with Gasteiger partial charge in [-0.3, -0.25) is 9.59 Å². The van der Waals surface area contributed by atoms with Crippen LogP contribution in [0.1, 0.15) is 20.7 Å². The lowest BCUT2D eigenvalue weighted by atomic mass is 9.99. The van der Waals surface area contributed by atoms with E-state index >= 15 is 0 Å². The van der Waals surface area contributed by atoms with Crippen LogP contribution in [-0.2, 0) is 4.84 Å². The lowest BCUT2D eigenvalue weighted by molar-refractivity contribution is -0.127. The van der Waals surface area contributed by atoms with Crippen LogP contribution in [0.3, 0.4) is 0 Å². The fourth-order valence-electron chi connectivity index (χ4n) is 5.61. The van der Waals surface area contributed by atoms with Gasteiger partial charge in [0.1, 0.15) is 110 Å². The van der Waals surface area contributed by atoms with Crippen LogP contribution in [0, 0.1) is 0 Å². The summed E-state index contributed by atoms with van der Waals surface area (Å²) in [6, 6.07) is 0. The quantitative estimate of drug-likeness (QED) is 0.0262. The van der Waals surface area contributed by atoms with Crippen LogP contribution >= 0.6 is 47.8 Å². The summed E-state index contributed by atoms with van der Waals surface area (Å²) in [5.74, 6) is -2.77. The number of carbonyl (C=O) groups excluding carboxylic acids is 2. The maximum absolute atomic E-state index is 14.6. The lowest BCUT2D eigenvalue weighted by Gasteiger charge is -2.35. The molecule has 0 bridgehead atoms. The second-order valence-electron chi connectivity index (χ2n) is 14.1. The van der Waals surface area contributed by atoms with Gasteiger partial charge in [0, 0.05) is 30.7 Å². The molecule has 0 saturated carbocycles. The van der Waals surface area contributed by atoms with Gasteiger partial charge in [-0.05, 0) is 47.8 Å². The highest BCUT2D eigenvalue weighted by Crippen LogP contribution is 2.44. The Morgan fingerprint density at radius 3 is 0.889 bits per heavy atom. The number of amides is 2. The summed E-state index contributed by atoms with van der Waals surface area (Å²) in [7, 11) is 0. The van der Waals surface area contributed by atoms with Gasteiger partial charge in [0.05, 0.1) is 46.5 Å². The zero-order chi connectivity index (χ0) is 48.8. The Morgan fingerprint density at radius 1 is 0.460 bits per heavy atom. The molecule has 1 rings (SSSR count). The van der Waals surface area contributed by atoms with Crippen molar-refractivity contribution in [2.75, 3.05) is 58.1 Å². The van der Waals surface area contributed by atoms with Crippen LogP contribution in [0.15, 0.2) is 26.3 Å². The predicted molar refractivity (Wildman–Crippen MR) is 221 cm³/mol. The third-order valence-electron chi connectivity index (χ3n) is 9.49. The average molecular weight is 1110 g/mol. The van der Waals surface area contributed by atoms with Crippen LogP contribution < -0.4 is 5.48 Å². The summed E-state index contributed by atoms with van der Waals surface area (Å²) < 4.78 is -1.29. The topological polar surface area (TPSA) is 466 Å². The maximum atomic E-state index is 14.6. The van der Waals surface area contributed by atoms with Gasteiger partial charge in [-0.25, -0.2) is 5.48 Å². The molecule has 0 radical (unpaired) electrons. The Morgan fingerprint density at radius 2 is 0.683 bits per heavy atom. The number of carbonyl (C=O) groups is 2. The predicted octanol–water partition coefficient (Wildman–Crippen LogP) is -8.91. The van der Waals surface area contributed by atoms with Crippen LogP contribution in [0.2, 0.25) is 0 Å². The second-order valence-corrected chi connectivity index (χ2v) is 16.4. The number of anilines is 1. The molecular weight excluding hydrogens is 1060 g/mol. The molecule has 16 unspecified atom stereocenters. The minimum absolute atomic E-state index is 0.356. The van der Waals surface area contributed by atoms with Crippen molar-refractivity contribution in [1.29, 1.82) is 0 Å². The first-order valence-electron chi connectivity index (χ1n) is 18.4. The SMILES string of the molecule is C=CONc1c(Br)c(C(=O)N(CC(O)C(O)C(O)C(O)CO)CC(O)C(O)C(O)C(O)CO)c(Br)c(C(=O)N(CC(O)C(O)C(O)C(O)CO)CC(O)C(O)C(O)C(O)CO)c1Br. The molecule has 0 spiro atoms. The molecule has 21 N–H and O–H groups in total. The lowest BCUT2D eigenvalue weighted by Crippen LogP contribution is -2.54. The molecule has 0 aliphatic rings. The van der Waals surface area contributed by atoms with E-state index in [4.69, 9.17) is 4.84 Å². The van der Waals surface area contributed by atoms with Gasteiger partial charge in [-0.2, -0.15) is 0 Å². The molecule has 1 aromatic carbocycles. The first-order chi connectivity index (χ1) is 29.3. The minimum atomic E-state index is -2.34. The first kappa shape index (κ1) is 59.2. The summed E-state index contributed by atoms with van der Waals surface area (Å²) in [5.41, 5.74) is 0.555. The van der Waals surface area contributed by atoms with Gasteiger partial charge in [-0.15, -0.1) is 0 Å². The van der Waals surface area contributed by atoms with Crippen LogP contribution in [0.5, 0.6) is 0 Å². The van der Waals surface area contributed by atoms with Gasteiger partial charge in [-0.1, -0.05) is 6.58 Å². The standard InChI is InChI=1S/C34H56Br3N3O23/c1-2-63-38-24-22(36)19(33(61)39(3-11(45)25(53)29(57)15(49)7-41)4-12(46)26(54)30(58)16(50)8-42)21(35)20(23(24)37)34(62)40(5-13(47)27(55)31(59)17(51)9-43)6-14(48)28(56)32(60)18(52)10-44/h2,11-18,25-32,38,41-60H,1,3-10H2. The highest BCUT2D eigenvalue weighted by molar-refractivity contribution is 9.11. The highest BCUT2D eigenvalue weighted by atomic mass is 79.9. The number of rotatable bonds is 29. The molecule has 26 nitrogen and oxygen atoms in total. The number of nitrogens with one attached hydrogen (secondary N) is 1. The van der Waals surface area contributed by atoms with Gasteiger partial charge >= 0.3 is 0 Å². The van der Waals surface area contributed by atoms with Crippen molar-refractivity contribution in [3.63, 3.8) is 0 Å². The van der Waals surface area contributed by atoms with E-state index in [1.165, 1.54) is 0 Å². The van der Waals surface area contributed by atoms with E-state index in [1.54, 1.807) is 0 Å². The van der Waals surface area contributed by atoms with Gasteiger partial charge in [0.2, 0.25) is 0 Å². The minimum Gasteiger partial charge on any atom is -0.394 e. The molecule has 0 fully saturated rings. The van der Waals surface area contributed by atoms with Crippen molar-refractivity contribution in [1.82, 2.24) is 9.80 Å². The normalized spacial score (nSPS) is 19.7. The van der Waals surface area contributed by atoms with E-state index in [0.29, 0.717) is 9.80 Å². The van der Waals surface area contributed by atoms with E-state index in [0.717, 1.165) is 6.26 Å². The number of hydrogen-bond acceptors (Lipinski definition) is 24. The Hall–Kier alpha value is -1.86. The Kier molecular flexibility index (Phi) is 26.0. The third-order valence-corrected chi connectivity index (χ3v) is 11.9. The summed E-state index contributed by atoms with van der Waals surface area (Å²) in [6.45, 7) is -5.67. The van der Waals surface area contributed by atoms with Crippen LogP contribution in [0.25, 0.3) is 0 Å². The van der Waals surface area contributed by atoms with Crippen molar-refractivity contribution in [3.8, 4) is 0 Å². The molecule has 0 saturated heterocycles. The second kappa shape index (κ2) is 27.7. The Bertz CT molecular complexity index is 1430. The van der Waals surface area contributed by atoms with E-state index in [2.05, 4.69) is 59.8 Å². The molecule has 0 aliphatic carbocycles.